The SMILES string of the molecule is CCCCCc1ccc(-c2ccc(-c3ccc(C(F)(F)Oc4cc(F)c(OC=C(F)F)c(F)c4)cc3)cc2)cc1. The highest BCUT2D eigenvalue weighted by Crippen LogP contribution is 2.36. The van der Waals surface area contributed by atoms with Gasteiger partial charge in [-0.25, -0.2) is 8.78 Å². The largest absolute Gasteiger partial charge is 0.453 e. The molecule has 0 unspecified atom stereocenters. The Kier molecular flexibility index (Phi) is 9.19. The molecule has 0 aromatic heterocycles. The van der Waals surface area contributed by atoms with Gasteiger partial charge in [-0.2, -0.15) is 17.6 Å². The second-order valence-corrected chi connectivity index (χ2v) is 9.17. The van der Waals surface area contributed by atoms with Crippen LogP contribution in [0.4, 0.5) is 26.3 Å². The van der Waals surface area contributed by atoms with E-state index in [1.165, 1.54) is 37.0 Å². The van der Waals surface area contributed by atoms with Gasteiger partial charge in [0.1, 0.15) is 5.75 Å². The van der Waals surface area contributed by atoms with E-state index in [4.69, 9.17) is 0 Å². The van der Waals surface area contributed by atoms with Crippen LogP contribution in [0.5, 0.6) is 11.5 Å². The zero-order valence-corrected chi connectivity index (χ0v) is 21.6. The Morgan fingerprint density at radius 2 is 1.20 bits per heavy atom. The van der Waals surface area contributed by atoms with Gasteiger partial charge in [0.25, 0.3) is 0 Å². The first-order valence-corrected chi connectivity index (χ1v) is 12.7. The summed E-state index contributed by atoms with van der Waals surface area (Å²) in [4.78, 5) is 0. The molecule has 40 heavy (non-hydrogen) atoms. The molecule has 0 atom stereocenters. The molecule has 0 saturated heterocycles. The summed E-state index contributed by atoms with van der Waals surface area (Å²) in [5.41, 5.74) is 4.37. The van der Waals surface area contributed by atoms with E-state index < -0.39 is 40.9 Å². The molecule has 2 nitrogen and oxygen atoms in total. The van der Waals surface area contributed by atoms with Gasteiger partial charge in [0.05, 0.1) is 5.56 Å². The van der Waals surface area contributed by atoms with Crippen molar-refractivity contribution < 1.29 is 35.8 Å². The van der Waals surface area contributed by atoms with Crippen LogP contribution in [-0.4, -0.2) is 0 Å². The number of halogens is 6. The average molecular weight is 557 g/mol. The van der Waals surface area contributed by atoms with Gasteiger partial charge < -0.3 is 9.47 Å². The molecule has 0 radical (unpaired) electrons. The van der Waals surface area contributed by atoms with Crippen LogP contribution in [0, 0.1) is 11.6 Å². The van der Waals surface area contributed by atoms with E-state index in [1.54, 1.807) is 0 Å². The molecule has 0 bridgehead atoms. The van der Waals surface area contributed by atoms with E-state index in [0.29, 0.717) is 17.7 Å². The lowest BCUT2D eigenvalue weighted by Crippen LogP contribution is -2.22. The van der Waals surface area contributed by atoms with Gasteiger partial charge in [-0.05, 0) is 52.8 Å². The van der Waals surface area contributed by atoms with Gasteiger partial charge in [-0.15, -0.1) is 0 Å². The molecule has 208 valence electrons. The van der Waals surface area contributed by atoms with Crippen molar-refractivity contribution in [1.82, 2.24) is 0 Å². The fourth-order valence-corrected chi connectivity index (χ4v) is 4.17. The number of aryl methyl sites for hydroxylation is 1. The number of hydrogen-bond acceptors (Lipinski definition) is 2. The minimum atomic E-state index is -3.93. The molecule has 0 aliphatic carbocycles. The normalized spacial score (nSPS) is 11.3. The number of benzene rings is 4. The first kappa shape index (κ1) is 28.8. The van der Waals surface area contributed by atoms with E-state index in [-0.39, 0.29) is 6.26 Å². The number of alkyl halides is 2. The third-order valence-electron chi connectivity index (χ3n) is 6.28. The number of unbranched alkanes of at least 4 members (excludes halogenated alkanes) is 2. The Labute approximate surface area is 228 Å². The Balaban J connectivity index is 1.43. The molecule has 4 aromatic rings. The van der Waals surface area contributed by atoms with Gasteiger partial charge in [-0.1, -0.05) is 80.4 Å². The Morgan fingerprint density at radius 1 is 0.725 bits per heavy atom. The summed E-state index contributed by atoms with van der Waals surface area (Å²) < 4.78 is 90.5. The van der Waals surface area contributed by atoms with Crippen LogP contribution >= 0.6 is 0 Å². The minimum Gasteiger partial charge on any atom is -0.453 e. The maximum Gasteiger partial charge on any atom is 0.426 e. The predicted molar refractivity (Wildman–Crippen MR) is 142 cm³/mol. The van der Waals surface area contributed by atoms with Crippen molar-refractivity contribution in [1.29, 1.82) is 0 Å². The molecule has 0 N–H and O–H groups in total. The highest BCUT2D eigenvalue weighted by molar-refractivity contribution is 5.70. The fraction of sp³-hybridized carbons (Fsp3) is 0.188. The summed E-state index contributed by atoms with van der Waals surface area (Å²) in [5.74, 6) is -4.97. The van der Waals surface area contributed by atoms with Crippen LogP contribution in [0.1, 0.15) is 37.3 Å². The van der Waals surface area contributed by atoms with Gasteiger partial charge in [0, 0.05) is 12.1 Å². The Morgan fingerprint density at radius 3 is 1.68 bits per heavy atom. The minimum absolute atomic E-state index is 0.168. The quantitative estimate of drug-likeness (QED) is 0.104. The Hall–Kier alpha value is -4.20. The van der Waals surface area contributed by atoms with Crippen LogP contribution in [0.15, 0.2) is 97.3 Å². The van der Waals surface area contributed by atoms with E-state index >= 15 is 0 Å². The molecule has 0 saturated carbocycles. The summed E-state index contributed by atoms with van der Waals surface area (Å²) in [5, 5.41) is 0. The summed E-state index contributed by atoms with van der Waals surface area (Å²) in [6.45, 7) is 2.18. The highest BCUT2D eigenvalue weighted by Gasteiger charge is 2.35. The zero-order chi connectivity index (χ0) is 28.7. The lowest BCUT2D eigenvalue weighted by molar-refractivity contribution is -0.185. The highest BCUT2D eigenvalue weighted by atomic mass is 19.3. The standard InChI is InChI=1S/C32H26F6O2/c1-2-3-4-5-21-6-8-22(9-7-21)23-10-12-24(13-11-23)25-14-16-26(17-15-25)32(37,38)40-27-18-28(33)31(29(34)19-27)39-20-30(35)36/h6-20H,2-5H2,1H3. The Bertz CT molecular complexity index is 1420. The molecular formula is C32H26F6O2. The van der Waals surface area contributed by atoms with Crippen LogP contribution < -0.4 is 9.47 Å². The predicted octanol–water partition coefficient (Wildman–Crippen LogP) is 10.3. The third kappa shape index (κ3) is 7.25. The van der Waals surface area contributed by atoms with Crippen molar-refractivity contribution in [3.8, 4) is 33.8 Å². The fourth-order valence-electron chi connectivity index (χ4n) is 4.17. The van der Waals surface area contributed by atoms with E-state index in [9.17, 15) is 26.3 Å². The number of rotatable bonds is 11. The number of ether oxygens (including phenoxy) is 2. The summed E-state index contributed by atoms with van der Waals surface area (Å²) in [6.07, 6.45) is -1.80. The van der Waals surface area contributed by atoms with E-state index in [0.717, 1.165) is 35.2 Å². The molecule has 8 heteroatoms. The van der Waals surface area contributed by atoms with Crippen molar-refractivity contribution in [2.75, 3.05) is 0 Å². The van der Waals surface area contributed by atoms with Crippen molar-refractivity contribution in [3.63, 3.8) is 0 Å². The van der Waals surface area contributed by atoms with Crippen molar-refractivity contribution in [2.24, 2.45) is 0 Å². The lowest BCUT2D eigenvalue weighted by Gasteiger charge is -2.19. The molecule has 0 amide bonds. The lowest BCUT2D eigenvalue weighted by atomic mass is 9.98. The topological polar surface area (TPSA) is 18.5 Å². The van der Waals surface area contributed by atoms with Crippen LogP contribution in [0.3, 0.4) is 0 Å². The third-order valence-corrected chi connectivity index (χ3v) is 6.28. The van der Waals surface area contributed by atoms with Crippen molar-refractivity contribution in [2.45, 2.75) is 38.7 Å². The van der Waals surface area contributed by atoms with Crippen LogP contribution in [0.2, 0.25) is 0 Å². The van der Waals surface area contributed by atoms with Gasteiger partial charge >= 0.3 is 12.2 Å². The molecule has 0 spiro atoms. The zero-order valence-electron chi connectivity index (χ0n) is 21.6. The molecule has 4 rings (SSSR count). The maximum atomic E-state index is 14.7. The van der Waals surface area contributed by atoms with Gasteiger partial charge in [0.2, 0.25) is 0 Å². The monoisotopic (exact) mass is 556 g/mol. The molecule has 0 fully saturated rings. The second-order valence-electron chi connectivity index (χ2n) is 9.17. The summed E-state index contributed by atoms with van der Waals surface area (Å²) in [7, 11) is 0. The molecule has 0 aliphatic rings. The molecule has 4 aromatic carbocycles. The summed E-state index contributed by atoms with van der Waals surface area (Å²) >= 11 is 0. The second kappa shape index (κ2) is 12.8. The van der Waals surface area contributed by atoms with Crippen molar-refractivity contribution >= 4 is 0 Å². The van der Waals surface area contributed by atoms with Crippen LogP contribution in [-0.2, 0) is 12.5 Å². The van der Waals surface area contributed by atoms with Gasteiger partial charge in [0.15, 0.2) is 23.6 Å². The van der Waals surface area contributed by atoms with Crippen LogP contribution in [0.25, 0.3) is 22.3 Å². The van der Waals surface area contributed by atoms with E-state index in [1.807, 2.05) is 24.3 Å². The molecular weight excluding hydrogens is 530 g/mol. The smallest absolute Gasteiger partial charge is 0.426 e. The van der Waals surface area contributed by atoms with Crippen molar-refractivity contribution in [3.05, 3.63) is 120 Å². The summed E-state index contributed by atoms with van der Waals surface area (Å²) in [6, 6.07) is 22.3. The molecule has 0 aliphatic heterocycles. The van der Waals surface area contributed by atoms with Gasteiger partial charge in [-0.3, -0.25) is 0 Å². The molecule has 0 heterocycles. The maximum absolute atomic E-state index is 14.7. The first-order valence-electron chi connectivity index (χ1n) is 12.7. The average Bonchev–Trinajstić information content (AvgIpc) is 2.93. The number of hydrogen-bond donors (Lipinski definition) is 0. The van der Waals surface area contributed by atoms with E-state index in [2.05, 4.69) is 40.7 Å². The first-order chi connectivity index (χ1) is 19.2.